The lowest BCUT2D eigenvalue weighted by molar-refractivity contribution is -0.123. The van der Waals surface area contributed by atoms with E-state index in [1.54, 1.807) is 18.2 Å². The van der Waals surface area contributed by atoms with Crippen molar-refractivity contribution >= 4 is 50.9 Å². The van der Waals surface area contributed by atoms with Gasteiger partial charge in [0.1, 0.15) is 5.03 Å². The summed E-state index contributed by atoms with van der Waals surface area (Å²) in [6.45, 7) is 1.50. The molecule has 1 aliphatic heterocycles. The molecule has 2 amide bonds. The Bertz CT molecular complexity index is 1480. The Morgan fingerprint density at radius 2 is 1.76 bits per heavy atom. The third kappa shape index (κ3) is 6.79. The zero-order valence-corrected chi connectivity index (χ0v) is 21.5. The first-order valence-electron chi connectivity index (χ1n) is 11.0. The van der Waals surface area contributed by atoms with Crippen LogP contribution in [0.1, 0.15) is 17.3 Å². The number of ether oxygens (including phenoxy) is 3. The minimum atomic E-state index is -3.87. The Kier molecular flexibility index (Phi) is 8.14. The number of hydrogen-bond donors (Lipinski definition) is 3. The van der Waals surface area contributed by atoms with Gasteiger partial charge in [0.05, 0.1) is 16.2 Å². The van der Waals surface area contributed by atoms with Gasteiger partial charge >= 0.3 is 5.97 Å². The van der Waals surface area contributed by atoms with Crippen LogP contribution in [0.3, 0.4) is 0 Å². The van der Waals surface area contributed by atoms with E-state index in [-0.39, 0.29) is 39.6 Å². The van der Waals surface area contributed by atoms with Crippen LogP contribution in [0.4, 0.5) is 11.4 Å². The highest BCUT2D eigenvalue weighted by Gasteiger charge is 2.22. The number of sulfonamides is 1. The number of nitrogens with two attached hydrogens (primary N) is 1. The number of nitrogens with one attached hydrogen (secondary N) is 2. The standard InChI is InChI=1S/C24H22N4O8S2/c1-14(22(30)28-15-4-7-17(8-5-15)38(25,32)33)36-24(31)18-3-2-10-26-23(18)37-12-21(29)27-16-6-9-19-20(11-16)35-13-34-19/h2-11,14H,12-13H2,1H3,(H,27,29)(H,28,30)(H2,25,32,33)/t14-/m0/s1. The second kappa shape index (κ2) is 11.5. The molecule has 0 aliphatic carbocycles. The van der Waals surface area contributed by atoms with Crippen LogP contribution in [-0.4, -0.2) is 49.8 Å². The topological polar surface area (TPSA) is 176 Å². The molecule has 198 valence electrons. The largest absolute Gasteiger partial charge is 0.454 e. The first-order valence-corrected chi connectivity index (χ1v) is 13.6. The van der Waals surface area contributed by atoms with Gasteiger partial charge in [-0.3, -0.25) is 9.59 Å². The minimum Gasteiger partial charge on any atom is -0.454 e. The maximum absolute atomic E-state index is 12.8. The summed E-state index contributed by atoms with van der Waals surface area (Å²) in [6, 6.07) is 13.2. The fraction of sp³-hybridized carbons (Fsp3) is 0.167. The van der Waals surface area contributed by atoms with Crippen LogP contribution in [0.2, 0.25) is 0 Å². The molecule has 4 N–H and O–H groups in total. The smallest absolute Gasteiger partial charge is 0.341 e. The summed E-state index contributed by atoms with van der Waals surface area (Å²) >= 11 is 1.03. The highest BCUT2D eigenvalue weighted by atomic mass is 32.2. The van der Waals surface area contributed by atoms with Gasteiger partial charge in [0, 0.05) is 23.6 Å². The second-order valence-corrected chi connectivity index (χ2v) is 10.4. The van der Waals surface area contributed by atoms with Gasteiger partial charge in [-0.25, -0.2) is 23.3 Å². The molecular weight excluding hydrogens is 536 g/mol. The number of carbonyl (C=O) groups excluding carboxylic acids is 3. The van der Waals surface area contributed by atoms with Gasteiger partial charge in [-0.1, -0.05) is 11.8 Å². The number of rotatable bonds is 9. The Balaban J connectivity index is 1.32. The summed E-state index contributed by atoms with van der Waals surface area (Å²) in [5.41, 5.74) is 0.904. The molecule has 0 saturated heterocycles. The van der Waals surface area contributed by atoms with Gasteiger partial charge in [-0.15, -0.1) is 0 Å². The SMILES string of the molecule is C[C@H](OC(=O)c1cccnc1SCC(=O)Nc1ccc2c(c1)OCO2)C(=O)Nc1ccc(S(N)(=O)=O)cc1. The Morgan fingerprint density at radius 1 is 1.05 bits per heavy atom. The van der Waals surface area contributed by atoms with Gasteiger partial charge in [0.2, 0.25) is 22.7 Å². The number of thioether (sulfide) groups is 1. The highest BCUT2D eigenvalue weighted by Crippen LogP contribution is 2.34. The van der Waals surface area contributed by atoms with Crippen LogP contribution in [-0.2, 0) is 24.3 Å². The highest BCUT2D eigenvalue weighted by molar-refractivity contribution is 8.00. The third-order valence-corrected chi connectivity index (χ3v) is 7.03. The van der Waals surface area contributed by atoms with E-state index in [9.17, 15) is 22.8 Å². The molecule has 0 spiro atoms. The molecule has 2 heterocycles. The summed E-state index contributed by atoms with van der Waals surface area (Å²) in [4.78, 5) is 41.7. The lowest BCUT2D eigenvalue weighted by Gasteiger charge is -2.15. The molecule has 0 unspecified atom stereocenters. The summed E-state index contributed by atoms with van der Waals surface area (Å²) in [5.74, 6) is -0.691. The van der Waals surface area contributed by atoms with E-state index in [1.807, 2.05) is 0 Å². The van der Waals surface area contributed by atoms with E-state index >= 15 is 0 Å². The van der Waals surface area contributed by atoms with Crippen LogP contribution in [0, 0.1) is 0 Å². The zero-order valence-electron chi connectivity index (χ0n) is 19.9. The number of pyridine rings is 1. The fourth-order valence-electron chi connectivity index (χ4n) is 3.22. The molecule has 0 saturated carbocycles. The van der Waals surface area contributed by atoms with Crippen molar-refractivity contribution in [2.45, 2.75) is 22.9 Å². The fourth-order valence-corrected chi connectivity index (χ4v) is 4.51. The Labute approximate surface area is 221 Å². The molecule has 2 aromatic carbocycles. The average Bonchev–Trinajstić information content (AvgIpc) is 3.35. The van der Waals surface area contributed by atoms with Crippen molar-refractivity contribution in [3.63, 3.8) is 0 Å². The van der Waals surface area contributed by atoms with E-state index in [0.717, 1.165) is 11.8 Å². The van der Waals surface area contributed by atoms with Crippen molar-refractivity contribution in [2.24, 2.45) is 5.14 Å². The van der Waals surface area contributed by atoms with E-state index in [2.05, 4.69) is 15.6 Å². The van der Waals surface area contributed by atoms with Crippen LogP contribution in [0.25, 0.3) is 0 Å². The molecule has 3 aromatic rings. The van der Waals surface area contributed by atoms with Gasteiger partial charge in [-0.2, -0.15) is 0 Å². The predicted molar refractivity (Wildman–Crippen MR) is 137 cm³/mol. The zero-order chi connectivity index (χ0) is 27.3. The van der Waals surface area contributed by atoms with Crippen molar-refractivity contribution in [2.75, 3.05) is 23.2 Å². The quantitative estimate of drug-likeness (QED) is 0.261. The van der Waals surface area contributed by atoms with E-state index in [4.69, 9.17) is 19.3 Å². The number of fused-ring (bicyclic) bond motifs is 1. The first-order chi connectivity index (χ1) is 18.1. The molecule has 1 aliphatic rings. The summed E-state index contributed by atoms with van der Waals surface area (Å²) in [7, 11) is -3.87. The normalized spacial score (nSPS) is 12.9. The average molecular weight is 559 g/mol. The molecule has 12 nitrogen and oxygen atoms in total. The molecule has 14 heteroatoms. The van der Waals surface area contributed by atoms with Crippen LogP contribution in [0.5, 0.6) is 11.5 Å². The molecule has 38 heavy (non-hydrogen) atoms. The predicted octanol–water partition coefficient (Wildman–Crippen LogP) is 2.37. The molecule has 4 rings (SSSR count). The van der Waals surface area contributed by atoms with Gasteiger partial charge < -0.3 is 24.8 Å². The minimum absolute atomic E-state index is 0.0453. The summed E-state index contributed by atoms with van der Waals surface area (Å²) in [5, 5.41) is 10.6. The van der Waals surface area contributed by atoms with Crippen LogP contribution >= 0.6 is 11.8 Å². The van der Waals surface area contributed by atoms with Crippen LogP contribution in [0.15, 0.2) is 70.7 Å². The number of esters is 1. The first kappa shape index (κ1) is 26.9. The van der Waals surface area contributed by atoms with E-state index in [0.29, 0.717) is 17.2 Å². The van der Waals surface area contributed by atoms with Gasteiger partial charge in [0.15, 0.2) is 17.6 Å². The molecular formula is C24H22N4O8S2. The van der Waals surface area contributed by atoms with Crippen molar-refractivity contribution in [3.05, 3.63) is 66.4 Å². The number of anilines is 2. The van der Waals surface area contributed by atoms with Crippen molar-refractivity contribution < 1.29 is 37.0 Å². The third-order valence-electron chi connectivity index (χ3n) is 5.09. The molecule has 1 atom stereocenters. The second-order valence-electron chi connectivity index (χ2n) is 7.87. The lowest BCUT2D eigenvalue weighted by atomic mass is 10.2. The van der Waals surface area contributed by atoms with Crippen molar-refractivity contribution in [1.29, 1.82) is 0 Å². The summed E-state index contributed by atoms with van der Waals surface area (Å²) < 4.78 is 38.5. The van der Waals surface area contributed by atoms with Crippen molar-refractivity contribution in [1.82, 2.24) is 4.98 Å². The van der Waals surface area contributed by atoms with Crippen molar-refractivity contribution in [3.8, 4) is 11.5 Å². The van der Waals surface area contributed by atoms with Crippen LogP contribution < -0.4 is 25.2 Å². The number of hydrogen-bond acceptors (Lipinski definition) is 10. The number of aromatic nitrogens is 1. The number of nitrogens with zero attached hydrogens (tertiary/aromatic N) is 1. The number of primary sulfonamides is 1. The molecule has 1 aromatic heterocycles. The number of carbonyl (C=O) groups is 3. The maximum atomic E-state index is 12.8. The van der Waals surface area contributed by atoms with E-state index in [1.165, 1.54) is 49.5 Å². The van der Waals surface area contributed by atoms with Gasteiger partial charge in [-0.05, 0) is 55.5 Å². The molecule has 0 radical (unpaired) electrons. The molecule has 0 bridgehead atoms. The monoisotopic (exact) mass is 558 g/mol. The Hall–Kier alpha value is -4.14. The Morgan fingerprint density at radius 3 is 2.50 bits per heavy atom. The summed E-state index contributed by atoms with van der Waals surface area (Å²) in [6.07, 6.45) is 0.281. The maximum Gasteiger partial charge on any atom is 0.341 e. The number of benzene rings is 2. The lowest BCUT2D eigenvalue weighted by Crippen LogP contribution is -2.30. The van der Waals surface area contributed by atoms with E-state index < -0.39 is 28.0 Å². The van der Waals surface area contributed by atoms with Gasteiger partial charge in [0.25, 0.3) is 5.91 Å². The number of amides is 2. The molecule has 0 fully saturated rings.